The number of hydrogen-bond donors (Lipinski definition) is 1. The molecule has 1 N–H and O–H groups in total. The van der Waals surface area contributed by atoms with Crippen molar-refractivity contribution >= 4 is 17.5 Å². The number of hydrogen-bond acceptors (Lipinski definition) is 1. The first-order valence-electron chi connectivity index (χ1n) is 4.12. The van der Waals surface area contributed by atoms with Gasteiger partial charge in [0.25, 0.3) is 0 Å². The van der Waals surface area contributed by atoms with Gasteiger partial charge in [0.2, 0.25) is 5.91 Å². The molecule has 0 aromatic carbocycles. The van der Waals surface area contributed by atoms with Gasteiger partial charge >= 0.3 is 0 Å². The maximum atomic E-state index is 11.0. The first kappa shape index (κ1) is 11.5. The van der Waals surface area contributed by atoms with Crippen LogP contribution in [0.1, 0.15) is 26.7 Å². The predicted molar refractivity (Wildman–Crippen MR) is 52.1 cm³/mol. The molecule has 0 aliphatic carbocycles. The quantitative estimate of drug-likeness (QED) is 0.707. The molecule has 0 atom stereocenters. The van der Waals surface area contributed by atoms with Crippen molar-refractivity contribution in [2.24, 2.45) is 5.92 Å². The minimum Gasteiger partial charge on any atom is -0.351 e. The van der Waals surface area contributed by atoms with Crippen molar-refractivity contribution in [2.45, 2.75) is 26.7 Å². The number of halogens is 1. The fourth-order valence-corrected chi connectivity index (χ4v) is 0.769. The molecule has 0 radical (unpaired) electrons. The van der Waals surface area contributed by atoms with Gasteiger partial charge in [-0.3, -0.25) is 4.79 Å². The lowest BCUT2D eigenvalue weighted by Gasteiger charge is -2.05. The van der Waals surface area contributed by atoms with Crippen LogP contribution >= 0.6 is 11.6 Å². The molecular weight excluding hydrogens is 174 g/mol. The van der Waals surface area contributed by atoms with Crippen LogP contribution in [0, 0.1) is 5.92 Å². The maximum Gasteiger partial charge on any atom is 0.220 e. The van der Waals surface area contributed by atoms with Crippen LogP contribution in [0.2, 0.25) is 0 Å². The minimum absolute atomic E-state index is 0.0468. The van der Waals surface area contributed by atoms with E-state index in [1.165, 1.54) is 0 Å². The second-order valence-electron chi connectivity index (χ2n) is 3.23. The molecule has 3 heteroatoms. The molecule has 0 aliphatic rings. The molecule has 0 saturated carbocycles. The van der Waals surface area contributed by atoms with E-state index in [9.17, 15) is 4.79 Å². The zero-order valence-corrected chi connectivity index (χ0v) is 8.45. The Morgan fingerprint density at radius 3 is 2.58 bits per heavy atom. The lowest BCUT2D eigenvalue weighted by Crippen LogP contribution is -2.24. The summed E-state index contributed by atoms with van der Waals surface area (Å²) in [7, 11) is 0. The van der Waals surface area contributed by atoms with Gasteiger partial charge in [-0.15, -0.1) is 0 Å². The lowest BCUT2D eigenvalue weighted by atomic mass is 10.1. The highest BCUT2D eigenvalue weighted by Crippen LogP contribution is 2.03. The summed E-state index contributed by atoms with van der Waals surface area (Å²) in [6.07, 6.45) is 1.49. The molecule has 0 aromatic heterocycles. The summed E-state index contributed by atoms with van der Waals surface area (Å²) in [5.74, 6) is 0.612. The van der Waals surface area contributed by atoms with Crippen LogP contribution in [0.3, 0.4) is 0 Å². The summed E-state index contributed by atoms with van der Waals surface area (Å²) < 4.78 is 0. The van der Waals surface area contributed by atoms with E-state index in [2.05, 4.69) is 25.7 Å². The molecule has 0 aromatic rings. The number of carbonyl (C=O) groups excluding carboxylic acids is 1. The normalized spacial score (nSPS) is 10.0. The molecule has 0 rings (SSSR count). The third-order valence-electron chi connectivity index (χ3n) is 1.43. The average molecular weight is 190 g/mol. The molecule has 1 amide bonds. The fourth-order valence-electron chi connectivity index (χ4n) is 0.703. The van der Waals surface area contributed by atoms with E-state index in [4.69, 9.17) is 11.6 Å². The summed E-state index contributed by atoms with van der Waals surface area (Å²) in [5.41, 5.74) is 0. The first-order chi connectivity index (χ1) is 5.52. The molecule has 0 bridgehead atoms. The van der Waals surface area contributed by atoms with Crippen LogP contribution in [0.25, 0.3) is 0 Å². The number of rotatable bonds is 5. The van der Waals surface area contributed by atoms with E-state index in [0.717, 1.165) is 6.42 Å². The van der Waals surface area contributed by atoms with Crippen molar-refractivity contribution in [1.29, 1.82) is 0 Å². The van der Waals surface area contributed by atoms with E-state index in [1.807, 2.05) is 0 Å². The Morgan fingerprint density at radius 1 is 1.58 bits per heavy atom. The van der Waals surface area contributed by atoms with Crippen LogP contribution < -0.4 is 5.32 Å². The molecule has 0 unspecified atom stereocenters. The highest BCUT2D eigenvalue weighted by molar-refractivity contribution is 6.29. The second-order valence-corrected chi connectivity index (χ2v) is 3.76. The Labute approximate surface area is 79.0 Å². The maximum absolute atomic E-state index is 11.0. The molecule has 2 nitrogen and oxygen atoms in total. The van der Waals surface area contributed by atoms with Gasteiger partial charge in [0.15, 0.2) is 0 Å². The van der Waals surface area contributed by atoms with Gasteiger partial charge in [-0.25, -0.2) is 0 Å². The molecule has 12 heavy (non-hydrogen) atoms. The molecule has 0 heterocycles. The second kappa shape index (κ2) is 6.06. The van der Waals surface area contributed by atoms with Gasteiger partial charge in [0.1, 0.15) is 0 Å². The van der Waals surface area contributed by atoms with Gasteiger partial charge in [-0.1, -0.05) is 32.0 Å². The predicted octanol–water partition coefficient (Wildman–Crippen LogP) is 2.29. The van der Waals surface area contributed by atoms with Gasteiger partial charge in [-0.2, -0.15) is 0 Å². The van der Waals surface area contributed by atoms with E-state index in [0.29, 0.717) is 23.9 Å². The Bertz CT molecular complexity index is 166. The van der Waals surface area contributed by atoms with Crippen molar-refractivity contribution in [3.8, 4) is 0 Å². The zero-order valence-electron chi connectivity index (χ0n) is 7.69. The van der Waals surface area contributed by atoms with E-state index in [-0.39, 0.29) is 5.91 Å². The Balaban J connectivity index is 3.40. The molecular formula is C9H16ClNO. The monoisotopic (exact) mass is 189 g/mol. The summed E-state index contributed by atoms with van der Waals surface area (Å²) in [6, 6.07) is 0. The Morgan fingerprint density at radius 2 is 2.17 bits per heavy atom. The third kappa shape index (κ3) is 7.61. The summed E-state index contributed by atoms with van der Waals surface area (Å²) in [6.45, 7) is 8.03. The summed E-state index contributed by atoms with van der Waals surface area (Å²) >= 11 is 5.48. The minimum atomic E-state index is 0.0468. The van der Waals surface area contributed by atoms with E-state index < -0.39 is 0 Å². The highest BCUT2D eigenvalue weighted by atomic mass is 35.5. The SMILES string of the molecule is C=C(Cl)CNC(=O)CCC(C)C. The van der Waals surface area contributed by atoms with E-state index >= 15 is 0 Å². The lowest BCUT2D eigenvalue weighted by molar-refractivity contribution is -0.121. The molecule has 0 fully saturated rings. The van der Waals surface area contributed by atoms with Gasteiger partial charge in [0, 0.05) is 11.5 Å². The van der Waals surface area contributed by atoms with Gasteiger partial charge in [0.05, 0.1) is 6.54 Å². The highest BCUT2D eigenvalue weighted by Gasteiger charge is 2.02. The zero-order chi connectivity index (χ0) is 9.56. The summed E-state index contributed by atoms with van der Waals surface area (Å²) in [5, 5.41) is 3.13. The molecule has 70 valence electrons. The fraction of sp³-hybridized carbons (Fsp3) is 0.667. The van der Waals surface area contributed by atoms with Crippen LogP contribution in [0.5, 0.6) is 0 Å². The third-order valence-corrected chi connectivity index (χ3v) is 1.56. The van der Waals surface area contributed by atoms with Crippen LogP contribution in [0.4, 0.5) is 0 Å². The number of carbonyl (C=O) groups is 1. The van der Waals surface area contributed by atoms with Crippen molar-refractivity contribution in [2.75, 3.05) is 6.54 Å². The van der Waals surface area contributed by atoms with Crippen molar-refractivity contribution in [3.05, 3.63) is 11.6 Å². The van der Waals surface area contributed by atoms with Crippen molar-refractivity contribution in [3.63, 3.8) is 0 Å². The first-order valence-corrected chi connectivity index (χ1v) is 4.50. The van der Waals surface area contributed by atoms with Crippen molar-refractivity contribution < 1.29 is 4.79 Å². The van der Waals surface area contributed by atoms with Crippen LogP contribution in [-0.2, 0) is 4.79 Å². The topological polar surface area (TPSA) is 29.1 Å². The standard InChI is InChI=1S/C9H16ClNO/c1-7(2)4-5-9(12)11-6-8(3)10/h7H,3-6H2,1-2H3,(H,11,12). The Kier molecular flexibility index (Phi) is 5.81. The van der Waals surface area contributed by atoms with Crippen molar-refractivity contribution in [1.82, 2.24) is 5.32 Å². The van der Waals surface area contributed by atoms with Crippen LogP contribution in [0.15, 0.2) is 11.6 Å². The molecule has 0 saturated heterocycles. The van der Waals surface area contributed by atoms with E-state index in [1.54, 1.807) is 0 Å². The number of amides is 1. The summed E-state index contributed by atoms with van der Waals surface area (Å²) in [4.78, 5) is 11.0. The molecule has 0 aliphatic heterocycles. The molecule has 0 spiro atoms. The van der Waals surface area contributed by atoms with Crippen LogP contribution in [-0.4, -0.2) is 12.5 Å². The largest absolute Gasteiger partial charge is 0.351 e. The average Bonchev–Trinajstić information content (AvgIpc) is 1.96. The smallest absolute Gasteiger partial charge is 0.220 e. The van der Waals surface area contributed by atoms with Gasteiger partial charge < -0.3 is 5.32 Å². The number of nitrogens with one attached hydrogen (secondary N) is 1. The Hall–Kier alpha value is -0.500. The van der Waals surface area contributed by atoms with Gasteiger partial charge in [-0.05, 0) is 12.3 Å².